The number of ether oxygens (including phenoxy) is 2. The summed E-state index contributed by atoms with van der Waals surface area (Å²) in [6.45, 7) is -0.0366. The summed E-state index contributed by atoms with van der Waals surface area (Å²) in [4.78, 5) is 4.20. The highest BCUT2D eigenvalue weighted by atomic mass is 35.5. The molecule has 2 aromatic heterocycles. The molecule has 4 rings (SSSR count). The molecule has 32 heavy (non-hydrogen) atoms. The normalized spacial score (nSPS) is 11.7. The van der Waals surface area contributed by atoms with Crippen molar-refractivity contribution < 1.29 is 27.8 Å². The average molecular weight is 463 g/mol. The molecule has 2 heterocycles. The van der Waals surface area contributed by atoms with Crippen LogP contribution in [0.25, 0.3) is 22.0 Å². The molecule has 0 amide bonds. The first kappa shape index (κ1) is 22.0. The van der Waals surface area contributed by atoms with Gasteiger partial charge in [0, 0.05) is 45.9 Å². The zero-order chi connectivity index (χ0) is 22.9. The molecule has 0 aliphatic carbocycles. The van der Waals surface area contributed by atoms with E-state index < -0.39 is 6.36 Å². The van der Waals surface area contributed by atoms with Crippen LogP contribution in [0.4, 0.5) is 13.2 Å². The van der Waals surface area contributed by atoms with Gasteiger partial charge in [0.15, 0.2) is 0 Å². The number of benzene rings is 2. The molecular weight excluding hydrogens is 445 g/mol. The van der Waals surface area contributed by atoms with Gasteiger partial charge in [-0.05, 0) is 35.9 Å². The summed E-state index contributed by atoms with van der Waals surface area (Å²) in [7, 11) is 1.48. The van der Waals surface area contributed by atoms with Crippen LogP contribution < -0.4 is 9.47 Å². The molecule has 0 radical (unpaired) electrons. The Labute approximate surface area is 186 Å². The summed E-state index contributed by atoms with van der Waals surface area (Å²) < 4.78 is 49.5. The lowest BCUT2D eigenvalue weighted by Gasteiger charge is -2.12. The van der Waals surface area contributed by atoms with E-state index in [1.165, 1.54) is 25.3 Å². The third-order valence-electron chi connectivity index (χ3n) is 5.05. The van der Waals surface area contributed by atoms with Crippen molar-refractivity contribution in [2.24, 2.45) is 0 Å². The van der Waals surface area contributed by atoms with Crippen LogP contribution in [0.1, 0.15) is 11.3 Å². The lowest BCUT2D eigenvalue weighted by Crippen LogP contribution is -2.17. The van der Waals surface area contributed by atoms with Gasteiger partial charge in [0.05, 0.1) is 19.4 Å². The molecule has 0 saturated heterocycles. The number of aliphatic hydroxyl groups is 1. The van der Waals surface area contributed by atoms with Crippen LogP contribution in [-0.2, 0) is 13.2 Å². The second kappa shape index (κ2) is 8.72. The van der Waals surface area contributed by atoms with E-state index in [1.807, 2.05) is 22.8 Å². The fraction of sp³-hybridized carbons (Fsp3) is 0.174. The molecular formula is C23H18ClF3N2O3. The molecule has 2 aromatic carbocycles. The summed E-state index contributed by atoms with van der Waals surface area (Å²) in [5.41, 5.74) is 3.10. The molecule has 0 aliphatic heterocycles. The van der Waals surface area contributed by atoms with Crippen molar-refractivity contribution in [2.45, 2.75) is 19.5 Å². The maximum atomic E-state index is 12.8. The Kier molecular flexibility index (Phi) is 5.99. The van der Waals surface area contributed by atoms with Crippen molar-refractivity contribution in [2.75, 3.05) is 7.11 Å². The highest BCUT2D eigenvalue weighted by molar-refractivity contribution is 6.31. The molecule has 5 nitrogen and oxygen atoms in total. The first-order chi connectivity index (χ1) is 15.3. The van der Waals surface area contributed by atoms with Crippen LogP contribution in [0.15, 0.2) is 60.8 Å². The summed E-state index contributed by atoms with van der Waals surface area (Å²) in [6.07, 6.45) is -3.28. The highest BCUT2D eigenvalue weighted by Gasteiger charge is 2.31. The second-order valence-corrected chi connectivity index (χ2v) is 7.38. The number of pyridine rings is 1. The molecule has 4 aromatic rings. The predicted molar refractivity (Wildman–Crippen MR) is 115 cm³/mol. The van der Waals surface area contributed by atoms with Gasteiger partial charge >= 0.3 is 6.36 Å². The number of aromatic nitrogens is 2. The monoisotopic (exact) mass is 462 g/mol. The Hall–Kier alpha value is -3.23. The highest BCUT2D eigenvalue weighted by Crippen LogP contribution is 2.39. The zero-order valence-electron chi connectivity index (χ0n) is 16.9. The van der Waals surface area contributed by atoms with E-state index in [0.717, 1.165) is 5.56 Å². The van der Waals surface area contributed by atoms with Gasteiger partial charge in [0.2, 0.25) is 5.88 Å². The van der Waals surface area contributed by atoms with Crippen LogP contribution >= 0.6 is 11.6 Å². The molecule has 1 N–H and O–H groups in total. The third-order valence-corrected chi connectivity index (χ3v) is 5.42. The summed E-state index contributed by atoms with van der Waals surface area (Å²) in [5, 5.41) is 11.3. The molecule has 0 aliphatic rings. The Morgan fingerprint density at radius 2 is 1.88 bits per heavy atom. The van der Waals surface area contributed by atoms with E-state index in [1.54, 1.807) is 24.4 Å². The molecule has 0 atom stereocenters. The summed E-state index contributed by atoms with van der Waals surface area (Å²) in [6, 6.07) is 14.7. The van der Waals surface area contributed by atoms with Crippen molar-refractivity contribution in [1.29, 1.82) is 0 Å². The SMILES string of the molecule is COc1ccc(-c2c(CO)n(Cc3ccccc3Cl)c3ccc(OC(F)(F)F)cc23)cn1. The first-order valence-corrected chi connectivity index (χ1v) is 9.94. The van der Waals surface area contributed by atoms with Gasteiger partial charge in [0.25, 0.3) is 0 Å². The topological polar surface area (TPSA) is 56.5 Å². The summed E-state index contributed by atoms with van der Waals surface area (Å²) >= 11 is 6.33. The number of fused-ring (bicyclic) bond motifs is 1. The minimum atomic E-state index is -4.82. The van der Waals surface area contributed by atoms with E-state index >= 15 is 0 Å². The quantitative estimate of drug-likeness (QED) is 0.393. The molecule has 9 heteroatoms. The van der Waals surface area contributed by atoms with E-state index in [0.29, 0.717) is 45.2 Å². The standard InChI is InChI=1S/C23H18ClF3N2O3/c1-31-21-9-6-14(11-28-21)22-17-10-16(32-23(25,26)27)7-8-19(17)29(20(22)13-30)12-15-4-2-3-5-18(15)24/h2-11,30H,12-13H2,1H3. The lowest BCUT2D eigenvalue weighted by molar-refractivity contribution is -0.274. The van der Waals surface area contributed by atoms with Crippen molar-refractivity contribution in [1.82, 2.24) is 9.55 Å². The second-order valence-electron chi connectivity index (χ2n) is 6.97. The lowest BCUT2D eigenvalue weighted by atomic mass is 10.0. The third kappa shape index (κ3) is 4.37. The van der Waals surface area contributed by atoms with E-state index in [4.69, 9.17) is 16.3 Å². The largest absolute Gasteiger partial charge is 0.573 e. The molecule has 0 unspecified atom stereocenters. The van der Waals surface area contributed by atoms with Crippen molar-refractivity contribution in [3.8, 4) is 22.8 Å². The maximum absolute atomic E-state index is 12.8. The molecule has 0 spiro atoms. The number of hydrogen-bond donors (Lipinski definition) is 1. The number of halogens is 4. The Morgan fingerprint density at radius 1 is 1.09 bits per heavy atom. The number of nitrogens with zero attached hydrogens (tertiary/aromatic N) is 2. The average Bonchev–Trinajstić information content (AvgIpc) is 3.06. The Balaban J connectivity index is 1.95. The van der Waals surface area contributed by atoms with Gasteiger partial charge in [-0.3, -0.25) is 0 Å². The minimum Gasteiger partial charge on any atom is -0.481 e. The fourth-order valence-corrected chi connectivity index (χ4v) is 3.89. The molecule has 166 valence electrons. The van der Waals surface area contributed by atoms with E-state index in [9.17, 15) is 18.3 Å². The Bertz CT molecular complexity index is 1250. The Morgan fingerprint density at radius 3 is 2.50 bits per heavy atom. The van der Waals surface area contributed by atoms with Crippen LogP contribution in [0.2, 0.25) is 5.02 Å². The first-order valence-electron chi connectivity index (χ1n) is 9.56. The number of alkyl halides is 3. The number of aliphatic hydroxyl groups excluding tert-OH is 1. The van der Waals surface area contributed by atoms with Gasteiger partial charge in [-0.15, -0.1) is 13.2 Å². The minimum absolute atomic E-state index is 0.315. The number of rotatable bonds is 6. The van der Waals surface area contributed by atoms with E-state index in [2.05, 4.69) is 9.72 Å². The smallest absolute Gasteiger partial charge is 0.481 e. The zero-order valence-corrected chi connectivity index (χ0v) is 17.6. The maximum Gasteiger partial charge on any atom is 0.573 e. The van der Waals surface area contributed by atoms with Crippen LogP contribution in [0, 0.1) is 0 Å². The molecule has 0 bridgehead atoms. The predicted octanol–water partition coefficient (Wildman–Crippen LogP) is 5.80. The van der Waals surface area contributed by atoms with Gasteiger partial charge in [0.1, 0.15) is 5.75 Å². The van der Waals surface area contributed by atoms with Crippen molar-refractivity contribution in [3.63, 3.8) is 0 Å². The summed E-state index contributed by atoms with van der Waals surface area (Å²) in [5.74, 6) is 0.0345. The van der Waals surface area contributed by atoms with Gasteiger partial charge < -0.3 is 19.1 Å². The van der Waals surface area contributed by atoms with Crippen molar-refractivity contribution >= 4 is 22.5 Å². The van der Waals surface area contributed by atoms with Crippen LogP contribution in [0.3, 0.4) is 0 Å². The van der Waals surface area contributed by atoms with Gasteiger partial charge in [-0.2, -0.15) is 0 Å². The van der Waals surface area contributed by atoms with Crippen LogP contribution in [0.5, 0.6) is 11.6 Å². The van der Waals surface area contributed by atoms with Crippen molar-refractivity contribution in [3.05, 3.63) is 77.1 Å². The number of methoxy groups -OCH3 is 1. The fourth-order valence-electron chi connectivity index (χ4n) is 3.70. The van der Waals surface area contributed by atoms with Gasteiger partial charge in [-0.25, -0.2) is 4.98 Å². The molecule has 0 fully saturated rings. The van der Waals surface area contributed by atoms with Gasteiger partial charge in [-0.1, -0.05) is 29.8 Å². The number of hydrogen-bond acceptors (Lipinski definition) is 4. The van der Waals surface area contributed by atoms with E-state index in [-0.39, 0.29) is 12.4 Å². The van der Waals surface area contributed by atoms with Crippen LogP contribution in [-0.4, -0.2) is 28.1 Å². The molecule has 0 saturated carbocycles.